The van der Waals surface area contributed by atoms with E-state index in [1.54, 1.807) is 30.3 Å². The fourth-order valence-electron chi connectivity index (χ4n) is 3.54. The molecule has 1 saturated heterocycles. The van der Waals surface area contributed by atoms with Crippen molar-refractivity contribution < 1.29 is 8.42 Å². The molecule has 2 aromatic rings. The molecule has 1 fully saturated rings. The standard InChI is InChI=1S/C21H22N2O2S/c1-3-19-14-23(26(24,25)20-11-9-17(2)10-12-20)16-21(19,15-22)13-18-7-5-4-6-8-18/h3-12,19H,1,13-14,16H2,2H3/t19-,21+/m1/s1. The van der Waals surface area contributed by atoms with Crippen molar-refractivity contribution in [3.05, 3.63) is 78.4 Å². The van der Waals surface area contributed by atoms with Gasteiger partial charge in [-0.05, 0) is 31.0 Å². The van der Waals surface area contributed by atoms with Gasteiger partial charge in [-0.2, -0.15) is 9.57 Å². The number of hydrogen-bond acceptors (Lipinski definition) is 3. The van der Waals surface area contributed by atoms with Crippen molar-refractivity contribution in [1.29, 1.82) is 5.26 Å². The molecular formula is C21H22N2O2S. The van der Waals surface area contributed by atoms with Crippen LogP contribution in [-0.2, 0) is 16.4 Å². The van der Waals surface area contributed by atoms with Crippen LogP contribution in [0, 0.1) is 29.6 Å². The van der Waals surface area contributed by atoms with Crippen molar-refractivity contribution in [3.63, 3.8) is 0 Å². The van der Waals surface area contributed by atoms with Crippen LogP contribution in [0.25, 0.3) is 0 Å². The van der Waals surface area contributed by atoms with Gasteiger partial charge in [-0.3, -0.25) is 0 Å². The second-order valence-electron chi connectivity index (χ2n) is 6.88. The van der Waals surface area contributed by atoms with Crippen LogP contribution < -0.4 is 0 Å². The Kier molecular flexibility index (Phi) is 4.99. The van der Waals surface area contributed by atoms with Gasteiger partial charge in [-0.15, -0.1) is 6.58 Å². The van der Waals surface area contributed by atoms with Gasteiger partial charge in [0.15, 0.2) is 0 Å². The number of hydrogen-bond donors (Lipinski definition) is 0. The molecule has 134 valence electrons. The average Bonchev–Trinajstić information content (AvgIpc) is 3.02. The normalized spacial score (nSPS) is 23.5. The van der Waals surface area contributed by atoms with Gasteiger partial charge >= 0.3 is 0 Å². The highest BCUT2D eigenvalue weighted by Crippen LogP contribution is 2.41. The first-order valence-electron chi connectivity index (χ1n) is 8.56. The van der Waals surface area contributed by atoms with E-state index < -0.39 is 15.4 Å². The third-order valence-electron chi connectivity index (χ3n) is 5.10. The molecule has 0 unspecified atom stereocenters. The zero-order valence-electron chi connectivity index (χ0n) is 14.8. The van der Waals surface area contributed by atoms with E-state index in [0.717, 1.165) is 11.1 Å². The van der Waals surface area contributed by atoms with E-state index in [0.29, 0.717) is 6.42 Å². The van der Waals surface area contributed by atoms with Gasteiger partial charge in [0.05, 0.1) is 16.4 Å². The monoisotopic (exact) mass is 366 g/mol. The van der Waals surface area contributed by atoms with Gasteiger partial charge in [0, 0.05) is 19.0 Å². The van der Waals surface area contributed by atoms with Crippen molar-refractivity contribution in [2.75, 3.05) is 13.1 Å². The lowest BCUT2D eigenvalue weighted by atomic mass is 9.75. The molecule has 26 heavy (non-hydrogen) atoms. The van der Waals surface area contributed by atoms with Gasteiger partial charge in [0.25, 0.3) is 0 Å². The molecule has 0 aromatic heterocycles. The van der Waals surface area contributed by atoms with E-state index in [4.69, 9.17) is 0 Å². The molecule has 1 aliphatic rings. The van der Waals surface area contributed by atoms with E-state index in [1.807, 2.05) is 37.3 Å². The molecule has 0 amide bonds. The highest BCUT2D eigenvalue weighted by molar-refractivity contribution is 7.89. The van der Waals surface area contributed by atoms with Crippen molar-refractivity contribution in [1.82, 2.24) is 4.31 Å². The maximum Gasteiger partial charge on any atom is 0.243 e. The van der Waals surface area contributed by atoms with Gasteiger partial charge in [0.2, 0.25) is 10.0 Å². The SMILES string of the molecule is C=C[C@@H]1CN(S(=O)(=O)c2ccc(C)cc2)C[C@@]1(C#N)Cc1ccccc1. The fourth-order valence-corrected chi connectivity index (χ4v) is 5.07. The molecule has 0 aliphatic carbocycles. The molecule has 0 N–H and O–H groups in total. The van der Waals surface area contributed by atoms with Crippen molar-refractivity contribution in [2.24, 2.45) is 11.3 Å². The zero-order valence-corrected chi connectivity index (χ0v) is 15.6. The highest BCUT2D eigenvalue weighted by Gasteiger charge is 2.49. The Bertz CT molecular complexity index is 930. The predicted molar refractivity (Wildman–Crippen MR) is 102 cm³/mol. The van der Waals surface area contributed by atoms with Gasteiger partial charge in [0.1, 0.15) is 0 Å². The van der Waals surface area contributed by atoms with Crippen LogP contribution in [0.2, 0.25) is 0 Å². The number of benzene rings is 2. The summed E-state index contributed by atoms with van der Waals surface area (Å²) in [4.78, 5) is 0.263. The Morgan fingerprint density at radius 2 is 1.88 bits per heavy atom. The van der Waals surface area contributed by atoms with Crippen LogP contribution in [0.3, 0.4) is 0 Å². The highest BCUT2D eigenvalue weighted by atomic mass is 32.2. The molecule has 1 heterocycles. The number of nitriles is 1. The summed E-state index contributed by atoms with van der Waals surface area (Å²) in [6.07, 6.45) is 2.22. The summed E-state index contributed by atoms with van der Waals surface area (Å²) in [6.45, 7) is 6.22. The summed E-state index contributed by atoms with van der Waals surface area (Å²) in [5.74, 6) is -0.215. The van der Waals surface area contributed by atoms with E-state index in [2.05, 4.69) is 12.6 Å². The lowest BCUT2D eigenvalue weighted by molar-refractivity contribution is 0.355. The number of aryl methyl sites for hydroxylation is 1. The van der Waals surface area contributed by atoms with Crippen LogP contribution in [0.1, 0.15) is 11.1 Å². The lowest BCUT2D eigenvalue weighted by Gasteiger charge is -2.25. The third-order valence-corrected chi connectivity index (χ3v) is 6.92. The summed E-state index contributed by atoms with van der Waals surface area (Å²) in [5, 5.41) is 9.95. The molecule has 1 aliphatic heterocycles. The van der Waals surface area contributed by atoms with E-state index in [1.165, 1.54) is 4.31 Å². The molecule has 0 saturated carbocycles. The van der Waals surface area contributed by atoms with Crippen molar-refractivity contribution in [3.8, 4) is 6.07 Å². The molecule has 2 atom stereocenters. The van der Waals surface area contributed by atoms with E-state index >= 15 is 0 Å². The summed E-state index contributed by atoms with van der Waals surface area (Å²) < 4.78 is 27.5. The minimum absolute atomic E-state index is 0.172. The quantitative estimate of drug-likeness (QED) is 0.760. The molecular weight excluding hydrogens is 344 g/mol. The molecule has 0 radical (unpaired) electrons. The second-order valence-corrected chi connectivity index (χ2v) is 8.82. The molecule has 0 bridgehead atoms. The third kappa shape index (κ3) is 3.31. The number of sulfonamides is 1. The second kappa shape index (κ2) is 7.06. The van der Waals surface area contributed by atoms with E-state index in [9.17, 15) is 13.7 Å². The van der Waals surface area contributed by atoms with Gasteiger partial charge < -0.3 is 0 Å². The zero-order chi connectivity index (χ0) is 18.8. The Balaban J connectivity index is 1.94. The Hall–Kier alpha value is -2.42. The summed E-state index contributed by atoms with van der Waals surface area (Å²) in [5.41, 5.74) is 1.22. The molecule has 0 spiro atoms. The topological polar surface area (TPSA) is 61.2 Å². The van der Waals surface area contributed by atoms with Gasteiger partial charge in [-0.25, -0.2) is 8.42 Å². The largest absolute Gasteiger partial charge is 0.243 e. The predicted octanol–water partition coefficient (Wildman–Crippen LogP) is 3.55. The average molecular weight is 366 g/mol. The molecule has 5 heteroatoms. The van der Waals surface area contributed by atoms with Crippen molar-refractivity contribution in [2.45, 2.75) is 18.2 Å². The Morgan fingerprint density at radius 1 is 1.23 bits per heavy atom. The first kappa shape index (κ1) is 18.4. The molecule has 3 rings (SSSR count). The summed E-state index contributed by atoms with van der Waals surface area (Å²) in [7, 11) is -3.64. The maximum atomic E-state index is 13.0. The molecule has 2 aromatic carbocycles. The lowest BCUT2D eigenvalue weighted by Crippen LogP contribution is -2.33. The van der Waals surface area contributed by atoms with Crippen LogP contribution in [0.15, 0.2) is 72.1 Å². The Labute approximate surface area is 155 Å². The smallest absolute Gasteiger partial charge is 0.207 e. The van der Waals surface area contributed by atoms with Crippen molar-refractivity contribution >= 4 is 10.0 Å². The first-order chi connectivity index (χ1) is 12.4. The van der Waals surface area contributed by atoms with Crippen LogP contribution in [-0.4, -0.2) is 25.8 Å². The minimum Gasteiger partial charge on any atom is -0.207 e. The summed E-state index contributed by atoms with van der Waals surface area (Å²) in [6, 6.07) is 19.0. The minimum atomic E-state index is -3.64. The van der Waals surface area contributed by atoms with E-state index in [-0.39, 0.29) is 23.9 Å². The number of nitrogens with zero attached hydrogens (tertiary/aromatic N) is 2. The Morgan fingerprint density at radius 3 is 2.46 bits per heavy atom. The molecule has 4 nitrogen and oxygen atoms in total. The van der Waals surface area contributed by atoms with Crippen LogP contribution in [0.5, 0.6) is 0 Å². The fraction of sp³-hybridized carbons (Fsp3) is 0.286. The maximum absolute atomic E-state index is 13.0. The van der Waals surface area contributed by atoms with Gasteiger partial charge in [-0.1, -0.05) is 54.1 Å². The first-order valence-corrected chi connectivity index (χ1v) is 10.00. The van der Waals surface area contributed by atoms with Crippen LogP contribution >= 0.6 is 0 Å². The number of rotatable bonds is 5. The van der Waals surface area contributed by atoms with Crippen LogP contribution in [0.4, 0.5) is 0 Å². The summed E-state index contributed by atoms with van der Waals surface area (Å²) >= 11 is 0.